The number of hydrogen-bond donors (Lipinski definition) is 0. The third-order valence-corrected chi connectivity index (χ3v) is 4.68. The minimum Gasteiger partial charge on any atom is -0.259 e. The van der Waals surface area contributed by atoms with E-state index in [1.807, 2.05) is 0 Å². The van der Waals surface area contributed by atoms with Crippen LogP contribution in [0.2, 0.25) is 0 Å². The summed E-state index contributed by atoms with van der Waals surface area (Å²) in [7, 11) is -1.53. The summed E-state index contributed by atoms with van der Waals surface area (Å²) in [6.07, 6.45) is -0.182. The molecule has 0 saturated heterocycles. The predicted octanol–water partition coefficient (Wildman–Crippen LogP) is 2.77. The van der Waals surface area contributed by atoms with Crippen LogP contribution in [0.4, 0.5) is 13.2 Å². The summed E-state index contributed by atoms with van der Waals surface area (Å²) >= 11 is 0. The van der Waals surface area contributed by atoms with Crippen molar-refractivity contribution >= 4 is 10.8 Å². The van der Waals surface area contributed by atoms with Crippen LogP contribution in [-0.2, 0) is 10.8 Å². The van der Waals surface area contributed by atoms with E-state index in [1.54, 1.807) is 0 Å². The van der Waals surface area contributed by atoms with Crippen LogP contribution in [0.3, 0.4) is 0 Å². The van der Waals surface area contributed by atoms with Gasteiger partial charge in [0.25, 0.3) is 0 Å². The monoisotopic (exact) mass is 253 g/mol. The van der Waals surface area contributed by atoms with Gasteiger partial charge in [0.05, 0.1) is 6.07 Å². The molecule has 92 valence electrons. The minimum atomic E-state index is -4.56. The fourth-order valence-electron chi connectivity index (χ4n) is 1.83. The molecule has 2 unspecified atom stereocenters. The highest BCUT2D eigenvalue weighted by Gasteiger charge is 2.41. The van der Waals surface area contributed by atoms with Gasteiger partial charge in [-0.05, 0) is 12.8 Å². The molecule has 1 fully saturated rings. The lowest BCUT2D eigenvalue weighted by molar-refractivity contribution is -0.153. The Balaban J connectivity index is 2.52. The van der Waals surface area contributed by atoms with Gasteiger partial charge in [0.15, 0.2) is 5.92 Å². The van der Waals surface area contributed by atoms with Crippen molar-refractivity contribution < 1.29 is 17.4 Å². The molecular formula is C10H14F3NOS. The van der Waals surface area contributed by atoms with E-state index in [1.165, 1.54) is 6.07 Å². The van der Waals surface area contributed by atoms with E-state index in [0.717, 1.165) is 32.1 Å². The first-order chi connectivity index (χ1) is 7.45. The quantitative estimate of drug-likeness (QED) is 0.776. The molecule has 16 heavy (non-hydrogen) atoms. The number of rotatable bonds is 3. The zero-order valence-corrected chi connectivity index (χ0v) is 9.61. The summed E-state index contributed by atoms with van der Waals surface area (Å²) in [5.41, 5.74) is 0. The van der Waals surface area contributed by atoms with Crippen molar-refractivity contribution in [3.8, 4) is 6.07 Å². The topological polar surface area (TPSA) is 40.9 Å². The second kappa shape index (κ2) is 5.67. The molecular weight excluding hydrogens is 239 g/mol. The van der Waals surface area contributed by atoms with Crippen LogP contribution >= 0.6 is 0 Å². The van der Waals surface area contributed by atoms with Crippen LogP contribution in [-0.4, -0.2) is 21.4 Å². The van der Waals surface area contributed by atoms with Crippen molar-refractivity contribution in [2.75, 3.05) is 5.75 Å². The fourth-order valence-corrected chi connectivity index (χ4v) is 3.56. The molecule has 0 amide bonds. The molecule has 1 rings (SSSR count). The Bertz CT molecular complexity index is 291. The van der Waals surface area contributed by atoms with E-state index in [-0.39, 0.29) is 5.25 Å². The van der Waals surface area contributed by atoms with E-state index in [0.29, 0.717) is 0 Å². The number of halogens is 3. The molecule has 1 saturated carbocycles. The molecule has 6 heteroatoms. The number of nitrogens with zero attached hydrogens (tertiary/aromatic N) is 1. The Kier molecular flexibility index (Phi) is 4.78. The third-order valence-electron chi connectivity index (χ3n) is 2.81. The molecule has 0 N–H and O–H groups in total. The van der Waals surface area contributed by atoms with E-state index < -0.39 is 28.6 Å². The smallest absolute Gasteiger partial charge is 0.259 e. The summed E-state index contributed by atoms with van der Waals surface area (Å²) in [5.74, 6) is -2.65. The van der Waals surface area contributed by atoms with Crippen molar-refractivity contribution in [2.45, 2.75) is 43.5 Å². The maximum Gasteiger partial charge on any atom is 0.405 e. The predicted molar refractivity (Wildman–Crippen MR) is 55.0 cm³/mol. The second-order valence-electron chi connectivity index (χ2n) is 4.03. The van der Waals surface area contributed by atoms with Crippen molar-refractivity contribution in [1.82, 2.24) is 0 Å². The Morgan fingerprint density at radius 3 is 2.31 bits per heavy atom. The fraction of sp³-hybridized carbons (Fsp3) is 0.900. The lowest BCUT2D eigenvalue weighted by Crippen LogP contribution is -2.31. The van der Waals surface area contributed by atoms with Crippen molar-refractivity contribution in [3.63, 3.8) is 0 Å². The van der Waals surface area contributed by atoms with Crippen LogP contribution in [0.5, 0.6) is 0 Å². The minimum absolute atomic E-state index is 0.146. The second-order valence-corrected chi connectivity index (χ2v) is 5.79. The Morgan fingerprint density at radius 2 is 1.88 bits per heavy atom. The maximum absolute atomic E-state index is 12.3. The summed E-state index contributed by atoms with van der Waals surface area (Å²) < 4.78 is 48.5. The summed E-state index contributed by atoms with van der Waals surface area (Å²) in [5, 5.41) is 8.26. The van der Waals surface area contributed by atoms with Gasteiger partial charge >= 0.3 is 6.18 Å². The Morgan fingerprint density at radius 1 is 1.31 bits per heavy atom. The first-order valence-corrected chi connectivity index (χ1v) is 6.67. The zero-order chi connectivity index (χ0) is 12.2. The number of hydrogen-bond acceptors (Lipinski definition) is 2. The van der Waals surface area contributed by atoms with E-state index in [2.05, 4.69) is 0 Å². The molecule has 1 aliphatic carbocycles. The zero-order valence-electron chi connectivity index (χ0n) is 8.79. The molecule has 0 bridgehead atoms. The van der Waals surface area contributed by atoms with Crippen molar-refractivity contribution in [1.29, 1.82) is 5.26 Å². The summed E-state index contributed by atoms with van der Waals surface area (Å²) in [6, 6.07) is 1.19. The summed E-state index contributed by atoms with van der Waals surface area (Å²) in [4.78, 5) is 0. The van der Waals surface area contributed by atoms with Gasteiger partial charge in [-0.15, -0.1) is 0 Å². The highest BCUT2D eigenvalue weighted by molar-refractivity contribution is 7.85. The van der Waals surface area contributed by atoms with Gasteiger partial charge in [-0.3, -0.25) is 4.21 Å². The van der Waals surface area contributed by atoms with Gasteiger partial charge in [-0.1, -0.05) is 19.3 Å². The third kappa shape index (κ3) is 3.78. The first kappa shape index (κ1) is 13.5. The molecule has 0 aromatic heterocycles. The Labute approximate surface area is 95.3 Å². The molecule has 0 heterocycles. The normalized spacial score (nSPS) is 22.4. The molecule has 0 aromatic carbocycles. The lowest BCUT2D eigenvalue weighted by atomic mass is 10.0. The van der Waals surface area contributed by atoms with Crippen LogP contribution in [0.25, 0.3) is 0 Å². The van der Waals surface area contributed by atoms with Gasteiger partial charge in [-0.25, -0.2) is 0 Å². The highest BCUT2D eigenvalue weighted by Crippen LogP contribution is 2.29. The molecule has 2 nitrogen and oxygen atoms in total. The average molecular weight is 253 g/mol. The van der Waals surface area contributed by atoms with E-state index in [4.69, 9.17) is 5.26 Å². The van der Waals surface area contributed by atoms with Crippen LogP contribution in [0, 0.1) is 17.2 Å². The van der Waals surface area contributed by atoms with Gasteiger partial charge < -0.3 is 0 Å². The van der Waals surface area contributed by atoms with Crippen molar-refractivity contribution in [3.05, 3.63) is 0 Å². The van der Waals surface area contributed by atoms with Gasteiger partial charge in [0, 0.05) is 21.8 Å². The first-order valence-electron chi connectivity index (χ1n) is 5.28. The highest BCUT2D eigenvalue weighted by atomic mass is 32.2. The molecule has 2 atom stereocenters. The Hall–Kier alpha value is -0.570. The van der Waals surface area contributed by atoms with Crippen LogP contribution < -0.4 is 0 Å². The lowest BCUT2D eigenvalue weighted by Gasteiger charge is -2.22. The standard InChI is InChI=1S/C10H14F3NOS/c11-10(12,13)8(6-14)7-16(15)9-4-2-1-3-5-9/h8-9H,1-5,7H2. The average Bonchev–Trinajstić information content (AvgIpc) is 2.25. The molecule has 0 aliphatic heterocycles. The number of nitriles is 1. The van der Waals surface area contributed by atoms with E-state index >= 15 is 0 Å². The van der Waals surface area contributed by atoms with Crippen LogP contribution in [0.1, 0.15) is 32.1 Å². The SMILES string of the molecule is N#CC(CS(=O)C1CCCCC1)C(F)(F)F. The molecule has 0 spiro atoms. The van der Waals surface area contributed by atoms with Gasteiger partial charge in [0.2, 0.25) is 0 Å². The van der Waals surface area contributed by atoms with E-state index in [9.17, 15) is 17.4 Å². The molecule has 0 aromatic rings. The van der Waals surface area contributed by atoms with Gasteiger partial charge in [-0.2, -0.15) is 18.4 Å². The molecule has 0 radical (unpaired) electrons. The maximum atomic E-state index is 12.3. The van der Waals surface area contributed by atoms with Crippen LogP contribution in [0.15, 0.2) is 0 Å². The molecule has 1 aliphatic rings. The number of alkyl halides is 3. The van der Waals surface area contributed by atoms with Crippen molar-refractivity contribution in [2.24, 2.45) is 5.92 Å². The van der Waals surface area contributed by atoms with Gasteiger partial charge in [0.1, 0.15) is 0 Å². The largest absolute Gasteiger partial charge is 0.405 e. The summed E-state index contributed by atoms with van der Waals surface area (Å²) in [6.45, 7) is 0.